The molecule has 0 radical (unpaired) electrons. The maximum absolute atomic E-state index is 12.3. The van der Waals surface area contributed by atoms with E-state index in [2.05, 4.69) is 15.1 Å². The van der Waals surface area contributed by atoms with Gasteiger partial charge in [0.1, 0.15) is 5.56 Å². The van der Waals surface area contributed by atoms with Crippen molar-refractivity contribution in [1.82, 2.24) is 19.5 Å². The van der Waals surface area contributed by atoms with Crippen LogP contribution in [-0.4, -0.2) is 37.4 Å². The maximum Gasteiger partial charge on any atom is 0.335 e. The van der Waals surface area contributed by atoms with Crippen LogP contribution >= 0.6 is 0 Å². The molecule has 0 saturated carbocycles. The van der Waals surface area contributed by atoms with Crippen LogP contribution in [0.3, 0.4) is 0 Å². The molecule has 1 saturated heterocycles. The van der Waals surface area contributed by atoms with Gasteiger partial charge in [-0.2, -0.15) is 5.10 Å². The molecule has 4 rings (SSSR count). The first-order valence-corrected chi connectivity index (χ1v) is 9.49. The highest BCUT2D eigenvalue weighted by molar-refractivity contribution is 5.82. The molecule has 3 heterocycles. The number of H-pyrrole nitrogens is 1. The Hall–Kier alpha value is -3.68. The lowest BCUT2D eigenvalue weighted by Crippen LogP contribution is -2.32. The van der Waals surface area contributed by atoms with E-state index >= 15 is 0 Å². The molecule has 0 unspecified atom stereocenters. The molecule has 8 nitrogen and oxygen atoms in total. The van der Waals surface area contributed by atoms with Crippen LogP contribution in [0.4, 0.5) is 0 Å². The number of pyridine rings is 1. The number of piperidine rings is 1. The highest BCUT2D eigenvalue weighted by Crippen LogP contribution is 2.30. The molecule has 8 heteroatoms. The lowest BCUT2D eigenvalue weighted by atomic mass is 9.98. The van der Waals surface area contributed by atoms with Crippen LogP contribution in [0.1, 0.15) is 36.4 Å². The van der Waals surface area contributed by atoms with Gasteiger partial charge in [0.15, 0.2) is 0 Å². The smallest absolute Gasteiger partial charge is 0.335 e. The Labute approximate surface area is 166 Å². The largest absolute Gasteiger partial charge is 0.493 e. The number of hydrogen-bond acceptors (Lipinski definition) is 6. The van der Waals surface area contributed by atoms with Gasteiger partial charge >= 0.3 is 5.69 Å². The summed E-state index contributed by atoms with van der Waals surface area (Å²) in [7, 11) is 0. The molecule has 1 aliphatic heterocycles. The lowest BCUT2D eigenvalue weighted by molar-refractivity contribution is 0.156. The number of para-hydroxylation sites is 1. The number of aromatic hydroxyl groups is 1. The zero-order valence-corrected chi connectivity index (χ0v) is 15.7. The number of aromatic amines is 1. The van der Waals surface area contributed by atoms with E-state index in [1.807, 2.05) is 23.3 Å². The summed E-state index contributed by atoms with van der Waals surface area (Å²) in [6, 6.07) is 12.6. The van der Waals surface area contributed by atoms with Crippen LogP contribution in [-0.2, 0) is 0 Å². The summed E-state index contributed by atoms with van der Waals surface area (Å²) in [4.78, 5) is 31.0. The summed E-state index contributed by atoms with van der Waals surface area (Å²) >= 11 is 0. The average molecular weight is 391 g/mol. The van der Waals surface area contributed by atoms with E-state index in [0.717, 1.165) is 35.9 Å². The van der Waals surface area contributed by atoms with Gasteiger partial charge in [0.2, 0.25) is 5.88 Å². The van der Waals surface area contributed by atoms with Crippen molar-refractivity contribution in [2.24, 2.45) is 5.10 Å². The standard InChI is InChI=1S/C21H21N5O3/c27-19-17(20(28)26(21(29)24-19)16-8-2-1-3-9-16)14-23-25-12-5-4-10-18(25)15-7-6-11-22-13-15/h1-3,6-9,11,13-14,18,28H,4-5,10,12H2,(H,24,27,29)/b23-14+/t18-/m0/s1. The van der Waals surface area contributed by atoms with Crippen LogP contribution in [0.2, 0.25) is 0 Å². The molecular formula is C21H21N5O3. The third kappa shape index (κ3) is 3.82. The molecule has 3 aromatic rings. The Morgan fingerprint density at radius 3 is 2.72 bits per heavy atom. The fourth-order valence-electron chi connectivity index (χ4n) is 3.57. The van der Waals surface area contributed by atoms with Crippen LogP contribution < -0.4 is 11.2 Å². The fourth-order valence-corrected chi connectivity index (χ4v) is 3.57. The molecule has 1 aromatic carbocycles. The van der Waals surface area contributed by atoms with Gasteiger partial charge < -0.3 is 5.11 Å². The van der Waals surface area contributed by atoms with E-state index in [9.17, 15) is 14.7 Å². The zero-order valence-electron chi connectivity index (χ0n) is 15.7. The Balaban J connectivity index is 1.71. The quantitative estimate of drug-likeness (QED) is 0.664. The van der Waals surface area contributed by atoms with Gasteiger partial charge in [-0.05, 0) is 43.0 Å². The third-order valence-electron chi connectivity index (χ3n) is 5.01. The molecule has 1 atom stereocenters. The van der Waals surface area contributed by atoms with Crippen molar-refractivity contribution in [3.8, 4) is 11.6 Å². The molecule has 1 aliphatic rings. The Kier molecular flexibility index (Phi) is 5.24. The van der Waals surface area contributed by atoms with E-state index < -0.39 is 17.1 Å². The highest BCUT2D eigenvalue weighted by atomic mass is 16.3. The number of hydrazone groups is 1. The second-order valence-electron chi connectivity index (χ2n) is 6.87. The molecule has 0 bridgehead atoms. The van der Waals surface area contributed by atoms with Crippen molar-refractivity contribution >= 4 is 6.21 Å². The SMILES string of the molecule is O=c1[nH]c(=O)n(-c2ccccc2)c(O)c1/C=N/N1CCCC[C@H]1c1cccnc1. The number of hydrogen-bond donors (Lipinski definition) is 2. The van der Waals surface area contributed by atoms with Gasteiger partial charge in [0.05, 0.1) is 17.9 Å². The van der Waals surface area contributed by atoms with E-state index in [1.54, 1.807) is 36.5 Å². The summed E-state index contributed by atoms with van der Waals surface area (Å²) in [5.41, 5.74) is 0.0493. The lowest BCUT2D eigenvalue weighted by Gasteiger charge is -2.33. The number of nitrogens with zero attached hydrogens (tertiary/aromatic N) is 4. The van der Waals surface area contributed by atoms with E-state index in [-0.39, 0.29) is 11.6 Å². The molecule has 0 aliphatic carbocycles. The zero-order chi connectivity index (χ0) is 20.2. The van der Waals surface area contributed by atoms with Crippen molar-refractivity contribution in [2.45, 2.75) is 25.3 Å². The van der Waals surface area contributed by atoms with E-state index in [1.165, 1.54) is 6.21 Å². The first kappa shape index (κ1) is 18.7. The molecule has 2 N–H and O–H groups in total. The Morgan fingerprint density at radius 2 is 1.97 bits per heavy atom. The normalized spacial score (nSPS) is 17.0. The van der Waals surface area contributed by atoms with Crippen LogP contribution in [0.5, 0.6) is 5.88 Å². The number of nitrogens with one attached hydrogen (secondary N) is 1. The second kappa shape index (κ2) is 8.14. The Morgan fingerprint density at radius 1 is 1.14 bits per heavy atom. The molecule has 0 spiro atoms. The molecule has 2 aromatic heterocycles. The third-order valence-corrected chi connectivity index (χ3v) is 5.01. The molecule has 29 heavy (non-hydrogen) atoms. The first-order chi connectivity index (χ1) is 14.1. The van der Waals surface area contributed by atoms with Crippen LogP contribution in [0, 0.1) is 0 Å². The van der Waals surface area contributed by atoms with Gasteiger partial charge in [0, 0.05) is 18.9 Å². The molecular weight excluding hydrogens is 370 g/mol. The number of aromatic nitrogens is 3. The van der Waals surface area contributed by atoms with Crippen LogP contribution in [0.25, 0.3) is 5.69 Å². The number of rotatable bonds is 4. The van der Waals surface area contributed by atoms with Gasteiger partial charge in [-0.3, -0.25) is 19.8 Å². The van der Waals surface area contributed by atoms with Gasteiger partial charge in [-0.15, -0.1) is 0 Å². The monoisotopic (exact) mass is 391 g/mol. The molecule has 0 amide bonds. The summed E-state index contributed by atoms with van der Waals surface area (Å²) in [6.45, 7) is 0.729. The summed E-state index contributed by atoms with van der Waals surface area (Å²) < 4.78 is 1.05. The van der Waals surface area contributed by atoms with Crippen molar-refractivity contribution in [2.75, 3.05) is 6.54 Å². The predicted octanol–water partition coefficient (Wildman–Crippen LogP) is 2.19. The van der Waals surface area contributed by atoms with E-state index in [4.69, 9.17) is 0 Å². The minimum atomic E-state index is -0.706. The number of benzene rings is 1. The first-order valence-electron chi connectivity index (χ1n) is 9.49. The molecule has 1 fully saturated rings. The minimum Gasteiger partial charge on any atom is -0.493 e. The van der Waals surface area contributed by atoms with Crippen molar-refractivity contribution in [1.29, 1.82) is 0 Å². The maximum atomic E-state index is 12.3. The van der Waals surface area contributed by atoms with Crippen LogP contribution in [0.15, 0.2) is 69.5 Å². The van der Waals surface area contributed by atoms with Gasteiger partial charge in [-0.1, -0.05) is 24.3 Å². The topological polar surface area (TPSA) is 104 Å². The fraction of sp³-hybridized carbons (Fsp3) is 0.238. The van der Waals surface area contributed by atoms with Gasteiger partial charge in [-0.25, -0.2) is 9.36 Å². The van der Waals surface area contributed by atoms with Crippen molar-refractivity contribution in [3.05, 3.63) is 86.8 Å². The average Bonchev–Trinajstić information content (AvgIpc) is 2.75. The van der Waals surface area contributed by atoms with E-state index in [0.29, 0.717) is 5.69 Å². The minimum absolute atomic E-state index is 0.0509. The predicted molar refractivity (Wildman–Crippen MR) is 109 cm³/mol. The second-order valence-corrected chi connectivity index (χ2v) is 6.87. The highest BCUT2D eigenvalue weighted by Gasteiger charge is 2.23. The summed E-state index contributed by atoms with van der Waals surface area (Å²) in [5, 5.41) is 17.0. The summed E-state index contributed by atoms with van der Waals surface area (Å²) in [6.07, 6.45) is 7.86. The Bertz CT molecular complexity index is 1120. The molecule has 148 valence electrons. The summed E-state index contributed by atoms with van der Waals surface area (Å²) in [5.74, 6) is -0.441. The van der Waals surface area contributed by atoms with Crippen molar-refractivity contribution < 1.29 is 5.11 Å². The van der Waals surface area contributed by atoms with Crippen molar-refractivity contribution in [3.63, 3.8) is 0 Å². The van der Waals surface area contributed by atoms with Gasteiger partial charge in [0.25, 0.3) is 5.56 Å².